The normalized spacial score (nSPS) is 18.5. The molecule has 0 heterocycles. The van der Waals surface area contributed by atoms with Crippen LogP contribution in [0.4, 0.5) is 4.39 Å². The van der Waals surface area contributed by atoms with Crippen LogP contribution in [0.5, 0.6) is 0 Å². The van der Waals surface area contributed by atoms with Crippen molar-refractivity contribution in [2.75, 3.05) is 0 Å². The van der Waals surface area contributed by atoms with Gasteiger partial charge < -0.3 is 5.32 Å². The highest BCUT2D eigenvalue weighted by Gasteiger charge is 2.26. The average molecular weight is 259 g/mol. The van der Waals surface area contributed by atoms with E-state index in [0.717, 1.165) is 29.7 Å². The van der Waals surface area contributed by atoms with Crippen LogP contribution in [0.2, 0.25) is 0 Å². The molecular weight excluding hydrogens is 237 g/mol. The first kappa shape index (κ1) is 13.9. The molecule has 0 saturated heterocycles. The highest BCUT2D eigenvalue weighted by atomic mass is 19.1. The van der Waals surface area contributed by atoms with E-state index >= 15 is 0 Å². The molecule has 19 heavy (non-hydrogen) atoms. The maximum atomic E-state index is 13.8. The van der Waals surface area contributed by atoms with E-state index in [0.29, 0.717) is 12.5 Å². The fourth-order valence-electron chi connectivity index (χ4n) is 2.51. The van der Waals surface area contributed by atoms with Gasteiger partial charge >= 0.3 is 0 Å². The number of rotatable bonds is 5. The molecule has 0 aliphatic heterocycles. The number of hydrogen-bond acceptors (Lipinski definition) is 1. The van der Waals surface area contributed by atoms with E-state index in [1.54, 1.807) is 6.07 Å². The Morgan fingerprint density at radius 1 is 1.37 bits per heavy atom. The van der Waals surface area contributed by atoms with Crippen LogP contribution < -0.4 is 5.32 Å². The van der Waals surface area contributed by atoms with Gasteiger partial charge in [-0.1, -0.05) is 39.0 Å². The summed E-state index contributed by atoms with van der Waals surface area (Å²) in [5, 5.41) is 3.32. The second-order valence-electron chi connectivity index (χ2n) is 5.33. The van der Waals surface area contributed by atoms with Gasteiger partial charge in [-0.3, -0.25) is 0 Å². The molecule has 1 aliphatic carbocycles. The molecule has 1 N–H and O–H groups in total. The van der Waals surface area contributed by atoms with Gasteiger partial charge in [-0.25, -0.2) is 4.39 Å². The van der Waals surface area contributed by atoms with Crippen LogP contribution in [0.3, 0.4) is 0 Å². The topological polar surface area (TPSA) is 12.0 Å². The number of halogens is 1. The van der Waals surface area contributed by atoms with Crippen LogP contribution in [0, 0.1) is 11.7 Å². The highest BCUT2D eigenvalue weighted by molar-refractivity contribution is 5.47. The number of benzene rings is 1. The van der Waals surface area contributed by atoms with Crippen LogP contribution in [0.25, 0.3) is 0 Å². The SMILES string of the molecule is C=C1C(NCc2cc(CCC)ccc2F)=C(C)C1C. The Morgan fingerprint density at radius 2 is 2.11 bits per heavy atom. The zero-order valence-electron chi connectivity index (χ0n) is 12.0. The molecule has 0 aromatic heterocycles. The Morgan fingerprint density at radius 3 is 2.74 bits per heavy atom. The van der Waals surface area contributed by atoms with Gasteiger partial charge in [0.1, 0.15) is 5.82 Å². The monoisotopic (exact) mass is 259 g/mol. The summed E-state index contributed by atoms with van der Waals surface area (Å²) in [4.78, 5) is 0. The average Bonchev–Trinajstić information content (AvgIpc) is 2.42. The summed E-state index contributed by atoms with van der Waals surface area (Å²) in [6.07, 6.45) is 2.08. The van der Waals surface area contributed by atoms with Crippen LogP contribution in [0.1, 0.15) is 38.3 Å². The molecule has 1 aromatic rings. The van der Waals surface area contributed by atoms with Crippen molar-refractivity contribution in [3.05, 3.63) is 58.6 Å². The van der Waals surface area contributed by atoms with Gasteiger partial charge in [0.25, 0.3) is 0 Å². The van der Waals surface area contributed by atoms with E-state index in [1.807, 2.05) is 12.1 Å². The Kier molecular flexibility index (Phi) is 4.08. The lowest BCUT2D eigenvalue weighted by Crippen LogP contribution is -2.28. The molecule has 1 aromatic carbocycles. The molecule has 0 amide bonds. The lowest BCUT2D eigenvalue weighted by Gasteiger charge is -2.32. The Labute approximate surface area is 115 Å². The third-order valence-corrected chi connectivity index (χ3v) is 3.99. The molecule has 1 atom stereocenters. The number of allylic oxidation sites excluding steroid dienone is 2. The minimum absolute atomic E-state index is 0.136. The quantitative estimate of drug-likeness (QED) is 0.829. The molecule has 102 valence electrons. The van der Waals surface area contributed by atoms with Crippen molar-refractivity contribution >= 4 is 0 Å². The third kappa shape index (κ3) is 2.73. The van der Waals surface area contributed by atoms with Crippen molar-refractivity contribution in [2.24, 2.45) is 5.92 Å². The predicted molar refractivity (Wildman–Crippen MR) is 78.2 cm³/mol. The van der Waals surface area contributed by atoms with E-state index in [1.165, 1.54) is 11.1 Å². The zero-order chi connectivity index (χ0) is 14.0. The Hall–Kier alpha value is -1.57. The summed E-state index contributed by atoms with van der Waals surface area (Å²) in [6, 6.07) is 5.41. The minimum atomic E-state index is -0.136. The molecule has 0 radical (unpaired) electrons. The first-order valence-electron chi connectivity index (χ1n) is 6.95. The molecule has 1 aliphatic rings. The smallest absolute Gasteiger partial charge is 0.128 e. The van der Waals surface area contributed by atoms with Crippen molar-refractivity contribution in [1.29, 1.82) is 0 Å². The molecule has 0 saturated carbocycles. The molecule has 1 nitrogen and oxygen atoms in total. The van der Waals surface area contributed by atoms with Gasteiger partial charge in [-0.2, -0.15) is 0 Å². The van der Waals surface area contributed by atoms with E-state index in [-0.39, 0.29) is 5.82 Å². The predicted octanol–water partition coefficient (Wildman–Crippen LogP) is 4.35. The first-order valence-corrected chi connectivity index (χ1v) is 6.95. The molecular formula is C17H22FN. The standard InChI is InChI=1S/C17H22FN/c1-5-6-14-7-8-16(18)15(9-14)10-19-17-12(3)11(2)13(17)4/h7-9,11,19H,3,5-6,10H2,1-2,4H3. The summed E-state index contributed by atoms with van der Waals surface area (Å²) in [5.74, 6) is 0.322. The van der Waals surface area contributed by atoms with Crippen LogP contribution in [0.15, 0.2) is 41.6 Å². The summed E-state index contributed by atoms with van der Waals surface area (Å²) >= 11 is 0. The van der Waals surface area contributed by atoms with E-state index in [9.17, 15) is 4.39 Å². The van der Waals surface area contributed by atoms with Gasteiger partial charge in [0, 0.05) is 23.7 Å². The molecule has 1 unspecified atom stereocenters. The minimum Gasteiger partial charge on any atom is -0.381 e. The van der Waals surface area contributed by atoms with Gasteiger partial charge in [0.2, 0.25) is 0 Å². The van der Waals surface area contributed by atoms with Crippen LogP contribution in [-0.2, 0) is 13.0 Å². The summed E-state index contributed by atoms with van der Waals surface area (Å²) < 4.78 is 13.8. The maximum Gasteiger partial charge on any atom is 0.128 e. The van der Waals surface area contributed by atoms with Crippen LogP contribution >= 0.6 is 0 Å². The number of aryl methyl sites for hydroxylation is 1. The molecule has 2 heteroatoms. The summed E-state index contributed by atoms with van der Waals surface area (Å²) in [5.41, 5.74) is 5.48. The molecule has 2 rings (SSSR count). The largest absolute Gasteiger partial charge is 0.381 e. The van der Waals surface area contributed by atoms with Crippen molar-refractivity contribution in [2.45, 2.75) is 40.2 Å². The van der Waals surface area contributed by atoms with Gasteiger partial charge in [0.15, 0.2) is 0 Å². The van der Waals surface area contributed by atoms with Crippen LogP contribution in [-0.4, -0.2) is 0 Å². The fraction of sp³-hybridized carbons (Fsp3) is 0.412. The second kappa shape index (κ2) is 5.60. The third-order valence-electron chi connectivity index (χ3n) is 3.99. The maximum absolute atomic E-state index is 13.8. The van der Waals surface area contributed by atoms with Crippen molar-refractivity contribution in [3.8, 4) is 0 Å². The summed E-state index contributed by atoms with van der Waals surface area (Å²) in [6.45, 7) is 11.0. The van der Waals surface area contributed by atoms with Gasteiger partial charge in [-0.15, -0.1) is 0 Å². The first-order chi connectivity index (χ1) is 9.04. The molecule has 0 fully saturated rings. The molecule has 0 bridgehead atoms. The van der Waals surface area contributed by atoms with Crippen molar-refractivity contribution in [1.82, 2.24) is 5.32 Å². The summed E-state index contributed by atoms with van der Waals surface area (Å²) in [7, 11) is 0. The van der Waals surface area contributed by atoms with E-state index in [2.05, 4.69) is 32.7 Å². The fourth-order valence-corrected chi connectivity index (χ4v) is 2.51. The van der Waals surface area contributed by atoms with Gasteiger partial charge in [0.05, 0.1) is 0 Å². The zero-order valence-corrected chi connectivity index (χ0v) is 12.0. The van der Waals surface area contributed by atoms with Crippen molar-refractivity contribution in [3.63, 3.8) is 0 Å². The van der Waals surface area contributed by atoms with Crippen molar-refractivity contribution < 1.29 is 4.39 Å². The molecule has 0 spiro atoms. The highest BCUT2D eigenvalue weighted by Crippen LogP contribution is 2.36. The Bertz CT molecular complexity index is 528. The van der Waals surface area contributed by atoms with Gasteiger partial charge in [-0.05, 0) is 36.1 Å². The lowest BCUT2D eigenvalue weighted by atomic mass is 9.79. The number of hydrogen-bond donors (Lipinski definition) is 1. The lowest BCUT2D eigenvalue weighted by molar-refractivity contribution is 0.589. The Balaban J connectivity index is 2.08. The van der Waals surface area contributed by atoms with E-state index in [4.69, 9.17) is 0 Å². The second-order valence-corrected chi connectivity index (χ2v) is 5.33. The number of nitrogens with one attached hydrogen (secondary N) is 1. The van der Waals surface area contributed by atoms with E-state index < -0.39 is 0 Å².